The third kappa shape index (κ3) is 3.77. The summed E-state index contributed by atoms with van der Waals surface area (Å²) in [6, 6.07) is 7.10. The first-order valence-electron chi connectivity index (χ1n) is 5.39. The molecular weight excluding hydrogens is 286 g/mol. The lowest BCUT2D eigenvalue weighted by atomic mass is 10.2. The van der Waals surface area contributed by atoms with Crippen molar-refractivity contribution in [1.29, 1.82) is 0 Å². The van der Waals surface area contributed by atoms with E-state index in [1.54, 1.807) is 29.8 Å². The minimum atomic E-state index is -0.748. The number of hydrogen-bond donors (Lipinski definition) is 2. The van der Waals surface area contributed by atoms with Crippen LogP contribution in [0.2, 0.25) is 5.02 Å². The summed E-state index contributed by atoms with van der Waals surface area (Å²) >= 11 is 7.18. The molecule has 0 aliphatic heterocycles. The van der Waals surface area contributed by atoms with Crippen LogP contribution in [0.5, 0.6) is 0 Å². The third-order valence-electron chi connectivity index (χ3n) is 2.26. The molecule has 2 aromatic rings. The first kappa shape index (κ1) is 13.5. The molecular formula is C12H10ClN3O2S. The number of carbonyl (C=O) groups excluding carboxylic acids is 2. The summed E-state index contributed by atoms with van der Waals surface area (Å²) in [7, 11) is 0. The molecule has 5 nitrogen and oxygen atoms in total. The second kappa shape index (κ2) is 6.31. The highest BCUT2D eigenvalue weighted by Gasteiger charge is 2.14. The summed E-state index contributed by atoms with van der Waals surface area (Å²) in [6.45, 7) is 0.198. The highest BCUT2D eigenvalue weighted by atomic mass is 35.5. The maximum atomic E-state index is 11.6. The van der Waals surface area contributed by atoms with Crippen LogP contribution >= 0.6 is 22.9 Å². The molecule has 0 atom stereocenters. The molecule has 1 aromatic heterocycles. The second-order valence-corrected chi connectivity index (χ2v) is 4.87. The third-order valence-corrected chi connectivity index (χ3v) is 3.31. The molecule has 0 aliphatic carbocycles. The molecule has 0 radical (unpaired) electrons. The largest absolute Gasteiger partial charge is 0.344 e. The smallest absolute Gasteiger partial charge is 0.315 e. The average Bonchev–Trinajstić information content (AvgIpc) is 2.90. The SMILES string of the molecule is O=C(NCc1ccccc1Cl)C(=O)Nc1nccs1. The number of anilines is 1. The number of hydrogen-bond acceptors (Lipinski definition) is 4. The van der Waals surface area contributed by atoms with Gasteiger partial charge in [0.05, 0.1) is 0 Å². The number of nitrogens with zero attached hydrogens (tertiary/aromatic N) is 1. The number of amides is 2. The van der Waals surface area contributed by atoms with Crippen LogP contribution in [-0.4, -0.2) is 16.8 Å². The van der Waals surface area contributed by atoms with Crippen LogP contribution in [0.1, 0.15) is 5.56 Å². The number of carbonyl (C=O) groups is 2. The van der Waals surface area contributed by atoms with Gasteiger partial charge in [0.2, 0.25) is 0 Å². The average molecular weight is 296 g/mol. The molecule has 0 saturated carbocycles. The van der Waals surface area contributed by atoms with E-state index in [1.165, 1.54) is 11.3 Å². The fourth-order valence-corrected chi connectivity index (χ4v) is 2.06. The lowest BCUT2D eigenvalue weighted by molar-refractivity contribution is -0.136. The first-order valence-corrected chi connectivity index (χ1v) is 6.64. The standard InChI is InChI=1S/C12H10ClN3O2S/c13-9-4-2-1-3-8(9)7-15-10(17)11(18)16-12-14-5-6-19-12/h1-6H,7H2,(H,15,17)(H,14,16,18). The van der Waals surface area contributed by atoms with Gasteiger partial charge in [0.1, 0.15) is 0 Å². The zero-order chi connectivity index (χ0) is 13.7. The molecule has 0 saturated heterocycles. The molecule has 0 bridgehead atoms. The van der Waals surface area contributed by atoms with E-state index in [2.05, 4.69) is 15.6 Å². The number of rotatable bonds is 3. The fourth-order valence-electron chi connectivity index (χ4n) is 1.34. The minimum Gasteiger partial charge on any atom is -0.344 e. The topological polar surface area (TPSA) is 71.1 Å². The van der Waals surface area contributed by atoms with E-state index in [0.29, 0.717) is 10.2 Å². The van der Waals surface area contributed by atoms with E-state index < -0.39 is 11.8 Å². The summed E-state index contributed by atoms with van der Waals surface area (Å²) in [5.41, 5.74) is 0.750. The van der Waals surface area contributed by atoms with Crippen molar-refractivity contribution in [3.8, 4) is 0 Å². The monoisotopic (exact) mass is 295 g/mol. The highest BCUT2D eigenvalue weighted by Crippen LogP contribution is 2.14. The summed E-state index contributed by atoms with van der Waals surface area (Å²) in [5, 5.41) is 7.53. The number of nitrogens with one attached hydrogen (secondary N) is 2. The molecule has 0 unspecified atom stereocenters. The Hall–Kier alpha value is -1.92. The van der Waals surface area contributed by atoms with Crippen molar-refractivity contribution in [3.05, 3.63) is 46.4 Å². The van der Waals surface area contributed by atoms with Crippen LogP contribution in [-0.2, 0) is 16.1 Å². The van der Waals surface area contributed by atoms with Crippen molar-refractivity contribution in [2.45, 2.75) is 6.54 Å². The predicted octanol–water partition coefficient (Wildman–Crippen LogP) is 2.05. The number of aromatic nitrogens is 1. The molecule has 19 heavy (non-hydrogen) atoms. The molecule has 98 valence electrons. The summed E-state index contributed by atoms with van der Waals surface area (Å²) in [6.07, 6.45) is 1.54. The van der Waals surface area contributed by atoms with Crippen LogP contribution < -0.4 is 10.6 Å². The van der Waals surface area contributed by atoms with E-state index >= 15 is 0 Å². The highest BCUT2D eigenvalue weighted by molar-refractivity contribution is 7.13. The van der Waals surface area contributed by atoms with E-state index in [1.807, 2.05) is 6.07 Å². The van der Waals surface area contributed by atoms with Gasteiger partial charge in [-0.15, -0.1) is 11.3 Å². The van der Waals surface area contributed by atoms with Gasteiger partial charge in [0.25, 0.3) is 0 Å². The van der Waals surface area contributed by atoms with Crippen molar-refractivity contribution < 1.29 is 9.59 Å². The lowest BCUT2D eigenvalue weighted by Crippen LogP contribution is -2.34. The maximum absolute atomic E-state index is 11.6. The van der Waals surface area contributed by atoms with Gasteiger partial charge in [-0.3, -0.25) is 14.9 Å². The van der Waals surface area contributed by atoms with Gasteiger partial charge in [0, 0.05) is 23.1 Å². The summed E-state index contributed by atoms with van der Waals surface area (Å²) < 4.78 is 0. The molecule has 2 rings (SSSR count). The molecule has 7 heteroatoms. The van der Waals surface area contributed by atoms with E-state index in [4.69, 9.17) is 11.6 Å². The predicted molar refractivity (Wildman–Crippen MR) is 74.0 cm³/mol. The number of benzene rings is 1. The van der Waals surface area contributed by atoms with Crippen molar-refractivity contribution >= 4 is 39.9 Å². The Bertz CT molecular complexity index is 586. The van der Waals surface area contributed by atoms with Gasteiger partial charge in [-0.05, 0) is 11.6 Å². The Morgan fingerprint density at radius 2 is 2.05 bits per heavy atom. The van der Waals surface area contributed by atoms with Crippen LogP contribution in [0, 0.1) is 0 Å². The second-order valence-electron chi connectivity index (χ2n) is 3.57. The molecule has 0 spiro atoms. The van der Waals surface area contributed by atoms with Gasteiger partial charge in [-0.2, -0.15) is 0 Å². The zero-order valence-electron chi connectivity index (χ0n) is 9.72. The molecule has 1 aromatic carbocycles. The lowest BCUT2D eigenvalue weighted by Gasteiger charge is -2.06. The molecule has 2 amide bonds. The molecule has 1 heterocycles. The maximum Gasteiger partial charge on any atom is 0.315 e. The van der Waals surface area contributed by atoms with Crippen molar-refractivity contribution in [3.63, 3.8) is 0 Å². The number of halogens is 1. The Balaban J connectivity index is 1.88. The first-order chi connectivity index (χ1) is 9.16. The summed E-state index contributed by atoms with van der Waals surface area (Å²) in [4.78, 5) is 26.9. The normalized spacial score (nSPS) is 9.95. The Kier molecular flexibility index (Phi) is 4.48. The van der Waals surface area contributed by atoms with E-state index in [0.717, 1.165) is 5.56 Å². The van der Waals surface area contributed by atoms with Crippen molar-refractivity contribution in [2.24, 2.45) is 0 Å². The van der Waals surface area contributed by atoms with Gasteiger partial charge in [-0.25, -0.2) is 4.98 Å². The van der Waals surface area contributed by atoms with Crippen LogP contribution in [0.15, 0.2) is 35.8 Å². The quantitative estimate of drug-likeness (QED) is 0.851. The molecule has 0 fully saturated rings. The summed E-state index contributed by atoms with van der Waals surface area (Å²) in [5.74, 6) is -1.47. The Labute approximate surface area is 118 Å². The minimum absolute atomic E-state index is 0.198. The molecule has 2 N–H and O–H groups in total. The van der Waals surface area contributed by atoms with Gasteiger partial charge in [-0.1, -0.05) is 29.8 Å². The van der Waals surface area contributed by atoms with Crippen LogP contribution in [0.4, 0.5) is 5.13 Å². The van der Waals surface area contributed by atoms with E-state index in [9.17, 15) is 9.59 Å². The molecule has 0 aliphatic rings. The van der Waals surface area contributed by atoms with Gasteiger partial charge < -0.3 is 5.32 Å². The fraction of sp³-hybridized carbons (Fsp3) is 0.0833. The van der Waals surface area contributed by atoms with Gasteiger partial charge in [0.15, 0.2) is 5.13 Å². The van der Waals surface area contributed by atoms with Crippen molar-refractivity contribution in [1.82, 2.24) is 10.3 Å². The Morgan fingerprint density at radius 1 is 1.26 bits per heavy atom. The van der Waals surface area contributed by atoms with Gasteiger partial charge >= 0.3 is 11.8 Å². The zero-order valence-corrected chi connectivity index (χ0v) is 11.3. The van der Waals surface area contributed by atoms with Crippen LogP contribution in [0.3, 0.4) is 0 Å². The van der Waals surface area contributed by atoms with E-state index in [-0.39, 0.29) is 6.54 Å². The van der Waals surface area contributed by atoms with Crippen molar-refractivity contribution in [2.75, 3.05) is 5.32 Å². The Morgan fingerprint density at radius 3 is 2.74 bits per heavy atom. The number of thiazole rings is 1. The van der Waals surface area contributed by atoms with Crippen LogP contribution in [0.25, 0.3) is 0 Å².